The predicted octanol–water partition coefficient (Wildman–Crippen LogP) is 4.99. The van der Waals surface area contributed by atoms with Crippen LogP contribution in [0.5, 0.6) is 17.2 Å². The lowest BCUT2D eigenvalue weighted by Crippen LogP contribution is -2.38. The highest BCUT2D eigenvalue weighted by molar-refractivity contribution is 6.31. The van der Waals surface area contributed by atoms with Crippen molar-refractivity contribution in [2.45, 2.75) is 19.4 Å². The van der Waals surface area contributed by atoms with Crippen molar-refractivity contribution in [2.75, 3.05) is 31.0 Å². The largest absolute Gasteiger partial charge is 0.493 e. The highest BCUT2D eigenvalue weighted by Gasteiger charge is 2.27. The van der Waals surface area contributed by atoms with E-state index in [9.17, 15) is 14.0 Å². The number of ether oxygens (including phenoxy) is 3. The van der Waals surface area contributed by atoms with Gasteiger partial charge in [-0.05, 0) is 54.4 Å². The first kappa shape index (κ1) is 24.3. The molecular weight excluding hydrogens is 475 g/mol. The average Bonchev–Trinajstić information content (AvgIpc) is 2.86. The van der Waals surface area contributed by atoms with Gasteiger partial charge in [0.15, 0.2) is 18.1 Å². The van der Waals surface area contributed by atoms with Gasteiger partial charge in [-0.2, -0.15) is 0 Å². The van der Waals surface area contributed by atoms with Crippen molar-refractivity contribution in [1.82, 2.24) is 0 Å². The van der Waals surface area contributed by atoms with Gasteiger partial charge in [-0.3, -0.25) is 9.59 Å². The van der Waals surface area contributed by atoms with Crippen molar-refractivity contribution < 1.29 is 28.2 Å². The molecule has 1 heterocycles. The Bertz CT molecular complexity index is 1250. The zero-order chi connectivity index (χ0) is 24.9. The number of methoxy groups -OCH3 is 2. The molecule has 1 N–H and O–H groups in total. The molecule has 1 aliphatic rings. The molecule has 0 aliphatic carbocycles. The molecule has 0 unspecified atom stereocenters. The molecule has 9 heteroatoms. The quantitative estimate of drug-likeness (QED) is 0.473. The lowest BCUT2D eigenvalue weighted by molar-refractivity contribution is -0.121. The Morgan fingerprint density at radius 1 is 1.11 bits per heavy atom. The average molecular weight is 499 g/mol. The molecule has 0 radical (unpaired) electrons. The summed E-state index contributed by atoms with van der Waals surface area (Å²) in [4.78, 5) is 26.6. The van der Waals surface area contributed by atoms with E-state index in [1.54, 1.807) is 44.6 Å². The van der Waals surface area contributed by atoms with Crippen molar-refractivity contribution in [3.05, 3.63) is 76.6 Å². The van der Waals surface area contributed by atoms with Gasteiger partial charge in [0.1, 0.15) is 11.6 Å². The van der Waals surface area contributed by atoms with Crippen LogP contribution in [0.25, 0.3) is 0 Å². The second kappa shape index (κ2) is 10.7. The first-order chi connectivity index (χ1) is 16.9. The van der Waals surface area contributed by atoms with Gasteiger partial charge in [0.2, 0.25) is 5.91 Å². The summed E-state index contributed by atoms with van der Waals surface area (Å²) < 4.78 is 30.4. The summed E-state index contributed by atoms with van der Waals surface area (Å²) in [5.74, 6) is 0.631. The standard InChI is InChI=1S/C26H24ClFN2O5/c1-33-23-9-6-16(12-24(23)34-2)7-11-25(31)29-17-8-10-22-21(13-17)30(26(32)15-35-22)14-18-19(27)4-3-5-20(18)28/h3-6,8-10,12-13H,7,11,14-15H2,1-2H3,(H,29,31). The van der Waals surface area contributed by atoms with E-state index in [0.717, 1.165) is 5.56 Å². The second-order valence-electron chi connectivity index (χ2n) is 7.89. The maximum absolute atomic E-state index is 14.3. The van der Waals surface area contributed by atoms with Crippen LogP contribution in [0.15, 0.2) is 54.6 Å². The Labute approximate surface area is 207 Å². The number of aryl methyl sites for hydroxylation is 1. The third-order valence-corrected chi connectivity index (χ3v) is 6.01. The molecule has 0 spiro atoms. The Hall–Kier alpha value is -3.78. The molecule has 0 atom stereocenters. The van der Waals surface area contributed by atoms with Crippen molar-refractivity contribution in [1.29, 1.82) is 0 Å². The van der Waals surface area contributed by atoms with Crippen LogP contribution in [-0.4, -0.2) is 32.6 Å². The zero-order valence-electron chi connectivity index (χ0n) is 19.3. The summed E-state index contributed by atoms with van der Waals surface area (Å²) in [5, 5.41) is 3.07. The molecule has 0 saturated carbocycles. The van der Waals surface area contributed by atoms with Crippen LogP contribution >= 0.6 is 11.6 Å². The normalized spacial score (nSPS) is 12.6. The summed E-state index contributed by atoms with van der Waals surface area (Å²) in [7, 11) is 3.12. The minimum atomic E-state index is -0.502. The molecule has 1 aliphatic heterocycles. The summed E-state index contributed by atoms with van der Waals surface area (Å²) in [6.07, 6.45) is 0.729. The van der Waals surface area contributed by atoms with E-state index in [0.29, 0.717) is 35.0 Å². The molecule has 0 aromatic heterocycles. The maximum Gasteiger partial charge on any atom is 0.265 e. The summed E-state index contributed by atoms with van der Waals surface area (Å²) in [6, 6.07) is 14.9. The number of nitrogens with one attached hydrogen (secondary N) is 1. The van der Waals surface area contributed by atoms with Gasteiger partial charge < -0.3 is 24.4 Å². The fraction of sp³-hybridized carbons (Fsp3) is 0.231. The van der Waals surface area contributed by atoms with Crippen LogP contribution in [0, 0.1) is 5.82 Å². The maximum atomic E-state index is 14.3. The number of carbonyl (C=O) groups is 2. The van der Waals surface area contributed by atoms with Crippen molar-refractivity contribution in [2.24, 2.45) is 0 Å². The number of hydrogen-bond donors (Lipinski definition) is 1. The van der Waals surface area contributed by atoms with Crippen molar-refractivity contribution >= 4 is 34.8 Å². The number of nitrogens with zero attached hydrogens (tertiary/aromatic N) is 1. The highest BCUT2D eigenvalue weighted by Crippen LogP contribution is 2.36. The summed E-state index contributed by atoms with van der Waals surface area (Å²) in [5.41, 5.74) is 2.05. The molecule has 7 nitrogen and oxygen atoms in total. The number of anilines is 2. The third kappa shape index (κ3) is 5.49. The molecule has 182 valence electrons. The Kier molecular flexibility index (Phi) is 7.41. The molecule has 35 heavy (non-hydrogen) atoms. The number of fused-ring (bicyclic) bond motifs is 1. The number of carbonyl (C=O) groups excluding carboxylic acids is 2. The Morgan fingerprint density at radius 3 is 2.66 bits per heavy atom. The van der Waals surface area contributed by atoms with Crippen molar-refractivity contribution in [3.63, 3.8) is 0 Å². The molecule has 3 aromatic carbocycles. The number of benzene rings is 3. The summed E-state index contributed by atoms with van der Waals surface area (Å²) in [6.45, 7) is -0.229. The van der Waals surface area contributed by atoms with Gasteiger partial charge in [-0.15, -0.1) is 0 Å². The van der Waals surface area contributed by atoms with E-state index in [4.69, 9.17) is 25.8 Å². The van der Waals surface area contributed by atoms with Crippen LogP contribution in [-0.2, 0) is 22.6 Å². The first-order valence-corrected chi connectivity index (χ1v) is 11.3. The number of amides is 2. The zero-order valence-corrected chi connectivity index (χ0v) is 20.0. The third-order valence-electron chi connectivity index (χ3n) is 5.65. The molecular formula is C26H24ClFN2O5. The van der Waals surface area contributed by atoms with E-state index in [-0.39, 0.29) is 42.0 Å². The van der Waals surface area contributed by atoms with Gasteiger partial charge in [0.05, 0.1) is 26.5 Å². The highest BCUT2D eigenvalue weighted by atomic mass is 35.5. The number of hydrogen-bond acceptors (Lipinski definition) is 5. The summed E-state index contributed by atoms with van der Waals surface area (Å²) >= 11 is 6.16. The lowest BCUT2D eigenvalue weighted by atomic mass is 10.1. The van der Waals surface area contributed by atoms with Crippen molar-refractivity contribution in [3.8, 4) is 17.2 Å². The molecule has 2 amide bonds. The smallest absolute Gasteiger partial charge is 0.265 e. The Balaban J connectivity index is 1.47. The van der Waals surface area contributed by atoms with Gasteiger partial charge in [-0.25, -0.2) is 4.39 Å². The van der Waals surface area contributed by atoms with Crippen LogP contribution < -0.4 is 24.4 Å². The predicted molar refractivity (Wildman–Crippen MR) is 131 cm³/mol. The number of halogens is 2. The second-order valence-corrected chi connectivity index (χ2v) is 8.30. The van der Waals surface area contributed by atoms with E-state index in [1.165, 1.54) is 17.0 Å². The van der Waals surface area contributed by atoms with Gasteiger partial charge in [0, 0.05) is 22.7 Å². The number of rotatable bonds is 8. The molecule has 0 bridgehead atoms. The van der Waals surface area contributed by atoms with E-state index < -0.39 is 5.82 Å². The van der Waals surface area contributed by atoms with Gasteiger partial charge in [0.25, 0.3) is 5.91 Å². The van der Waals surface area contributed by atoms with Crippen LogP contribution in [0.2, 0.25) is 5.02 Å². The van der Waals surface area contributed by atoms with E-state index in [2.05, 4.69) is 5.32 Å². The fourth-order valence-corrected chi connectivity index (χ4v) is 4.03. The topological polar surface area (TPSA) is 77.1 Å². The molecule has 3 aromatic rings. The molecule has 0 saturated heterocycles. The molecule has 4 rings (SSSR count). The van der Waals surface area contributed by atoms with Crippen LogP contribution in [0.3, 0.4) is 0 Å². The fourth-order valence-electron chi connectivity index (χ4n) is 3.81. The van der Waals surface area contributed by atoms with E-state index in [1.807, 2.05) is 12.1 Å². The lowest BCUT2D eigenvalue weighted by Gasteiger charge is -2.30. The van der Waals surface area contributed by atoms with Gasteiger partial charge in [-0.1, -0.05) is 23.7 Å². The SMILES string of the molecule is COc1ccc(CCC(=O)Nc2ccc3c(c2)N(Cc2c(F)cccc2Cl)C(=O)CO3)cc1OC. The van der Waals surface area contributed by atoms with Gasteiger partial charge >= 0.3 is 0 Å². The Morgan fingerprint density at radius 2 is 1.91 bits per heavy atom. The van der Waals surface area contributed by atoms with E-state index >= 15 is 0 Å². The molecule has 0 fully saturated rings. The monoisotopic (exact) mass is 498 g/mol. The first-order valence-electron chi connectivity index (χ1n) is 10.9. The van der Waals surface area contributed by atoms with Crippen LogP contribution in [0.4, 0.5) is 15.8 Å². The minimum Gasteiger partial charge on any atom is -0.493 e. The minimum absolute atomic E-state index is 0.0581. The van der Waals surface area contributed by atoms with Crippen LogP contribution in [0.1, 0.15) is 17.5 Å².